The van der Waals surface area contributed by atoms with Crippen LogP contribution in [0.15, 0.2) is 54.9 Å². The van der Waals surface area contributed by atoms with Crippen molar-refractivity contribution in [1.29, 1.82) is 0 Å². The van der Waals surface area contributed by atoms with Crippen LogP contribution in [0.1, 0.15) is 38.5 Å². The van der Waals surface area contributed by atoms with Gasteiger partial charge in [0.2, 0.25) is 0 Å². The van der Waals surface area contributed by atoms with E-state index in [1.165, 1.54) is 31.5 Å². The molecule has 12 heteroatoms. The van der Waals surface area contributed by atoms with Gasteiger partial charge in [-0.3, -0.25) is 14.8 Å². The van der Waals surface area contributed by atoms with Crippen molar-refractivity contribution in [1.82, 2.24) is 15.3 Å². The number of fused-ring (bicyclic) bond motifs is 1. The molecule has 0 aliphatic carbocycles. The topological polar surface area (TPSA) is 99.6 Å². The Bertz CT molecular complexity index is 1270. The first-order valence-electron chi connectivity index (χ1n) is 10.1. The SMILES string of the molecule is COC(=O)c1ccc(C(=O)N[C@]2(c3ccc(OC(F)(F)F)c(F)c3)CCOc3cccnc32)nc1. The van der Waals surface area contributed by atoms with Gasteiger partial charge in [0.15, 0.2) is 11.6 Å². The van der Waals surface area contributed by atoms with Crippen LogP contribution in [0, 0.1) is 5.82 Å². The molecule has 1 aliphatic heterocycles. The van der Waals surface area contributed by atoms with Crippen LogP contribution in [0.2, 0.25) is 0 Å². The maximum atomic E-state index is 14.6. The fourth-order valence-corrected chi connectivity index (χ4v) is 3.73. The van der Waals surface area contributed by atoms with E-state index in [0.717, 1.165) is 18.3 Å². The fraction of sp³-hybridized carbons (Fsp3) is 0.217. The number of pyridine rings is 2. The number of nitrogens with one attached hydrogen (secondary N) is 1. The number of halogens is 4. The molecule has 8 nitrogen and oxygen atoms in total. The van der Waals surface area contributed by atoms with Gasteiger partial charge in [-0.2, -0.15) is 0 Å². The van der Waals surface area contributed by atoms with Crippen molar-refractivity contribution in [3.63, 3.8) is 0 Å². The van der Waals surface area contributed by atoms with Crippen molar-refractivity contribution in [2.75, 3.05) is 13.7 Å². The van der Waals surface area contributed by atoms with Crippen molar-refractivity contribution in [2.45, 2.75) is 18.3 Å². The van der Waals surface area contributed by atoms with E-state index in [0.29, 0.717) is 5.75 Å². The monoisotopic (exact) mass is 491 g/mol. The quantitative estimate of drug-likeness (QED) is 0.429. The molecule has 4 rings (SSSR count). The summed E-state index contributed by atoms with van der Waals surface area (Å²) in [6, 6.07) is 8.73. The Balaban J connectivity index is 1.76. The van der Waals surface area contributed by atoms with Crippen LogP contribution in [0.5, 0.6) is 11.5 Å². The summed E-state index contributed by atoms with van der Waals surface area (Å²) in [5, 5.41) is 2.79. The maximum Gasteiger partial charge on any atom is 0.573 e. The van der Waals surface area contributed by atoms with Gasteiger partial charge in [0.25, 0.3) is 5.91 Å². The number of aromatic nitrogens is 2. The minimum Gasteiger partial charge on any atom is -0.491 e. The molecular formula is C23H17F4N3O5. The highest BCUT2D eigenvalue weighted by Crippen LogP contribution is 2.42. The number of carbonyl (C=O) groups excluding carboxylic acids is 2. The first kappa shape index (κ1) is 23.9. The highest BCUT2D eigenvalue weighted by atomic mass is 19.4. The third-order valence-corrected chi connectivity index (χ3v) is 5.30. The molecular weight excluding hydrogens is 474 g/mol. The number of rotatable bonds is 5. The maximum absolute atomic E-state index is 14.6. The lowest BCUT2D eigenvalue weighted by atomic mass is 9.81. The molecule has 1 atom stereocenters. The molecule has 1 aliphatic rings. The Labute approximate surface area is 195 Å². The molecule has 35 heavy (non-hydrogen) atoms. The zero-order valence-electron chi connectivity index (χ0n) is 18.1. The molecule has 182 valence electrons. The van der Waals surface area contributed by atoms with E-state index in [1.807, 2.05) is 0 Å². The lowest BCUT2D eigenvalue weighted by Crippen LogP contribution is -2.50. The summed E-state index contributed by atoms with van der Waals surface area (Å²) in [5.41, 5.74) is -1.06. The summed E-state index contributed by atoms with van der Waals surface area (Å²) < 4.78 is 66.4. The zero-order chi connectivity index (χ0) is 25.2. The lowest BCUT2D eigenvalue weighted by Gasteiger charge is -2.39. The smallest absolute Gasteiger partial charge is 0.491 e. The number of alkyl halides is 3. The molecule has 1 N–H and O–H groups in total. The molecule has 1 aromatic carbocycles. The fourth-order valence-electron chi connectivity index (χ4n) is 3.73. The van der Waals surface area contributed by atoms with Crippen LogP contribution < -0.4 is 14.8 Å². The van der Waals surface area contributed by atoms with Gasteiger partial charge < -0.3 is 19.5 Å². The molecule has 0 fully saturated rings. The molecule has 0 radical (unpaired) electrons. The third-order valence-electron chi connectivity index (χ3n) is 5.30. The second-order valence-electron chi connectivity index (χ2n) is 7.42. The average Bonchev–Trinajstić information content (AvgIpc) is 2.84. The van der Waals surface area contributed by atoms with Gasteiger partial charge in [0.05, 0.1) is 19.3 Å². The van der Waals surface area contributed by atoms with Crippen molar-refractivity contribution >= 4 is 11.9 Å². The van der Waals surface area contributed by atoms with Gasteiger partial charge in [-0.05, 0) is 42.0 Å². The molecule has 1 amide bonds. The molecule has 0 saturated heterocycles. The second-order valence-corrected chi connectivity index (χ2v) is 7.42. The van der Waals surface area contributed by atoms with Gasteiger partial charge in [-0.1, -0.05) is 6.07 Å². The predicted molar refractivity (Wildman–Crippen MR) is 111 cm³/mol. The highest BCUT2D eigenvalue weighted by Gasteiger charge is 2.43. The number of esters is 1. The summed E-state index contributed by atoms with van der Waals surface area (Å²) in [7, 11) is 1.20. The minimum atomic E-state index is -5.08. The molecule has 3 aromatic rings. The van der Waals surface area contributed by atoms with Gasteiger partial charge in [0.1, 0.15) is 22.7 Å². The summed E-state index contributed by atoms with van der Waals surface area (Å²) in [6.07, 6.45) is -2.40. The number of nitrogens with zero attached hydrogens (tertiary/aromatic N) is 2. The average molecular weight is 491 g/mol. The summed E-state index contributed by atoms with van der Waals surface area (Å²) in [6.45, 7) is 0.0934. The van der Waals surface area contributed by atoms with Crippen LogP contribution in [0.25, 0.3) is 0 Å². The van der Waals surface area contributed by atoms with Crippen LogP contribution >= 0.6 is 0 Å². The molecule has 0 unspecified atom stereocenters. The van der Waals surface area contributed by atoms with Gasteiger partial charge in [0, 0.05) is 18.8 Å². The van der Waals surface area contributed by atoms with Gasteiger partial charge in [-0.25, -0.2) is 9.18 Å². The van der Waals surface area contributed by atoms with E-state index in [-0.39, 0.29) is 35.5 Å². The van der Waals surface area contributed by atoms with E-state index < -0.39 is 35.3 Å². The van der Waals surface area contributed by atoms with E-state index in [1.54, 1.807) is 12.1 Å². The zero-order valence-corrected chi connectivity index (χ0v) is 18.1. The first-order valence-corrected chi connectivity index (χ1v) is 10.1. The summed E-state index contributed by atoms with van der Waals surface area (Å²) in [5.74, 6) is -3.32. The van der Waals surface area contributed by atoms with E-state index in [2.05, 4.69) is 24.8 Å². The number of amides is 1. The second kappa shape index (κ2) is 9.20. The number of benzene rings is 1. The summed E-state index contributed by atoms with van der Waals surface area (Å²) >= 11 is 0. The number of methoxy groups -OCH3 is 1. The number of ether oxygens (including phenoxy) is 3. The van der Waals surface area contributed by atoms with Crippen LogP contribution in [0.4, 0.5) is 17.6 Å². The van der Waals surface area contributed by atoms with Crippen molar-refractivity contribution in [3.05, 3.63) is 83.2 Å². The van der Waals surface area contributed by atoms with E-state index >= 15 is 0 Å². The standard InChI is InChI=1S/C23H17F4N3O5/c1-33-21(32)13-4-6-16(29-12-13)20(31)30-22(8-10-34-18-3-2-9-28-19(18)22)14-5-7-17(15(24)11-14)35-23(25,26)27/h2-7,9,11-12H,8,10H2,1H3,(H,30,31)/t22-/m0/s1. The largest absolute Gasteiger partial charge is 0.573 e. The first-order chi connectivity index (χ1) is 16.6. The highest BCUT2D eigenvalue weighted by molar-refractivity contribution is 5.95. The van der Waals surface area contributed by atoms with E-state index in [9.17, 15) is 27.2 Å². The molecule has 3 heterocycles. The van der Waals surface area contributed by atoms with Gasteiger partial charge in [-0.15, -0.1) is 13.2 Å². The van der Waals surface area contributed by atoms with Crippen LogP contribution in [-0.4, -0.2) is 41.9 Å². The molecule has 0 saturated carbocycles. The molecule has 0 bridgehead atoms. The number of carbonyl (C=O) groups is 2. The van der Waals surface area contributed by atoms with Crippen molar-refractivity contribution in [3.8, 4) is 11.5 Å². The summed E-state index contributed by atoms with van der Waals surface area (Å²) in [4.78, 5) is 33.1. The molecule has 2 aromatic heterocycles. The number of hydrogen-bond donors (Lipinski definition) is 1. The van der Waals surface area contributed by atoms with E-state index in [4.69, 9.17) is 4.74 Å². The Kier molecular flexibility index (Phi) is 6.29. The Morgan fingerprint density at radius 3 is 2.60 bits per heavy atom. The normalized spacial score (nSPS) is 17.1. The van der Waals surface area contributed by atoms with Gasteiger partial charge >= 0.3 is 12.3 Å². The van der Waals surface area contributed by atoms with Crippen LogP contribution in [0.3, 0.4) is 0 Å². The van der Waals surface area contributed by atoms with Crippen molar-refractivity contribution < 1.29 is 41.4 Å². The Morgan fingerprint density at radius 2 is 1.94 bits per heavy atom. The molecule has 0 spiro atoms. The minimum absolute atomic E-state index is 0.0708. The Hall–Kier alpha value is -4.22. The number of hydrogen-bond acceptors (Lipinski definition) is 7. The Morgan fingerprint density at radius 1 is 1.14 bits per heavy atom. The van der Waals surface area contributed by atoms with Crippen LogP contribution in [-0.2, 0) is 10.3 Å². The predicted octanol–water partition coefficient (Wildman–Crippen LogP) is 3.76. The lowest BCUT2D eigenvalue weighted by molar-refractivity contribution is -0.275. The third kappa shape index (κ3) is 4.86. The van der Waals surface area contributed by atoms with Crippen molar-refractivity contribution in [2.24, 2.45) is 0 Å².